The van der Waals surface area contributed by atoms with Crippen molar-refractivity contribution in [1.82, 2.24) is 19.7 Å². The van der Waals surface area contributed by atoms with Crippen LogP contribution in [-0.4, -0.2) is 51.1 Å². The molecule has 0 aliphatic carbocycles. The summed E-state index contributed by atoms with van der Waals surface area (Å²) in [7, 11) is 0. The van der Waals surface area contributed by atoms with E-state index in [9.17, 15) is 0 Å². The van der Waals surface area contributed by atoms with Crippen LogP contribution in [0, 0.1) is 0 Å². The summed E-state index contributed by atoms with van der Waals surface area (Å²) in [4.78, 5) is 6.82. The Hall–Kier alpha value is -1.92. The van der Waals surface area contributed by atoms with Crippen molar-refractivity contribution in [1.29, 1.82) is 0 Å². The fourth-order valence-electron chi connectivity index (χ4n) is 3.35. The standard InChI is InChI=1S/C19H28N4O2/c1-15(2)23-18(20-14-21-23)11-22-10-17(25-19(3,4)13-22)12-24-16-8-6-5-7-9-16/h5-9,14-15,17H,10-13H2,1-4H3/t17-/m1/s1. The third kappa shape index (κ3) is 4.80. The lowest BCUT2D eigenvalue weighted by atomic mass is 10.1. The molecule has 2 heterocycles. The van der Waals surface area contributed by atoms with Crippen LogP contribution in [-0.2, 0) is 11.3 Å². The van der Waals surface area contributed by atoms with Gasteiger partial charge in [0.25, 0.3) is 0 Å². The Morgan fingerprint density at radius 3 is 2.76 bits per heavy atom. The molecule has 1 aromatic heterocycles. The largest absolute Gasteiger partial charge is 0.491 e. The van der Waals surface area contributed by atoms with Crippen molar-refractivity contribution in [2.75, 3.05) is 19.7 Å². The summed E-state index contributed by atoms with van der Waals surface area (Å²) < 4.78 is 14.1. The van der Waals surface area contributed by atoms with Gasteiger partial charge in [0.2, 0.25) is 0 Å². The lowest BCUT2D eigenvalue weighted by Crippen LogP contribution is -2.54. The minimum absolute atomic E-state index is 0.0272. The van der Waals surface area contributed by atoms with Crippen molar-refractivity contribution in [3.8, 4) is 5.75 Å². The number of aromatic nitrogens is 3. The van der Waals surface area contributed by atoms with Gasteiger partial charge in [0.15, 0.2) is 0 Å². The van der Waals surface area contributed by atoms with Crippen LogP contribution < -0.4 is 4.74 Å². The molecule has 0 spiro atoms. The van der Waals surface area contributed by atoms with Crippen LogP contribution in [0.4, 0.5) is 0 Å². The third-order valence-electron chi connectivity index (χ3n) is 4.23. The van der Waals surface area contributed by atoms with Gasteiger partial charge in [-0.15, -0.1) is 0 Å². The van der Waals surface area contributed by atoms with E-state index in [-0.39, 0.29) is 11.7 Å². The summed E-state index contributed by atoms with van der Waals surface area (Å²) in [6, 6.07) is 10.2. The Morgan fingerprint density at radius 1 is 1.28 bits per heavy atom. The van der Waals surface area contributed by atoms with Gasteiger partial charge in [-0.3, -0.25) is 4.90 Å². The first kappa shape index (κ1) is 17.9. The summed E-state index contributed by atoms with van der Waals surface area (Å²) >= 11 is 0. The van der Waals surface area contributed by atoms with E-state index in [1.165, 1.54) is 0 Å². The van der Waals surface area contributed by atoms with Crippen LogP contribution in [0.5, 0.6) is 5.75 Å². The van der Waals surface area contributed by atoms with Crippen LogP contribution >= 0.6 is 0 Å². The Labute approximate surface area is 149 Å². The Morgan fingerprint density at radius 2 is 2.04 bits per heavy atom. The Kier molecular flexibility index (Phi) is 5.39. The van der Waals surface area contributed by atoms with Crippen molar-refractivity contribution < 1.29 is 9.47 Å². The number of hydrogen-bond donors (Lipinski definition) is 0. The molecule has 1 fully saturated rings. The highest BCUT2D eigenvalue weighted by molar-refractivity contribution is 5.20. The van der Waals surface area contributed by atoms with Crippen molar-refractivity contribution in [2.24, 2.45) is 0 Å². The summed E-state index contributed by atoms with van der Waals surface area (Å²) in [5.74, 6) is 1.87. The molecule has 0 N–H and O–H groups in total. The molecular weight excluding hydrogens is 316 g/mol. The van der Waals surface area contributed by atoms with Gasteiger partial charge >= 0.3 is 0 Å². The van der Waals surface area contributed by atoms with Crippen molar-refractivity contribution in [3.05, 3.63) is 42.5 Å². The summed E-state index contributed by atoms with van der Waals surface area (Å²) in [6.45, 7) is 11.5. The SMILES string of the molecule is CC(C)n1ncnc1CN1C[C@H](COc2ccccc2)OC(C)(C)C1. The lowest BCUT2D eigenvalue weighted by Gasteiger charge is -2.42. The van der Waals surface area contributed by atoms with Crippen LogP contribution in [0.25, 0.3) is 0 Å². The third-order valence-corrected chi connectivity index (χ3v) is 4.23. The smallest absolute Gasteiger partial charge is 0.141 e. The normalized spacial score (nSPS) is 20.8. The summed E-state index contributed by atoms with van der Waals surface area (Å²) in [6.07, 6.45) is 1.66. The first-order valence-electron chi connectivity index (χ1n) is 8.89. The molecule has 1 atom stereocenters. The number of rotatable bonds is 6. The highest BCUT2D eigenvalue weighted by Crippen LogP contribution is 2.23. The average Bonchev–Trinajstić information content (AvgIpc) is 3.01. The topological polar surface area (TPSA) is 52.4 Å². The van der Waals surface area contributed by atoms with E-state index in [0.717, 1.165) is 31.2 Å². The minimum Gasteiger partial charge on any atom is -0.491 e. The van der Waals surface area contributed by atoms with E-state index in [1.807, 2.05) is 35.0 Å². The molecule has 0 saturated carbocycles. The zero-order valence-electron chi connectivity index (χ0n) is 15.6. The highest BCUT2D eigenvalue weighted by atomic mass is 16.5. The van der Waals surface area contributed by atoms with E-state index >= 15 is 0 Å². The molecule has 1 aliphatic heterocycles. The van der Waals surface area contributed by atoms with Gasteiger partial charge in [0, 0.05) is 19.1 Å². The second-order valence-corrected chi connectivity index (χ2v) is 7.51. The molecule has 136 valence electrons. The maximum absolute atomic E-state index is 6.21. The molecule has 0 unspecified atom stereocenters. The van der Waals surface area contributed by atoms with Crippen molar-refractivity contribution >= 4 is 0 Å². The van der Waals surface area contributed by atoms with Crippen LogP contribution in [0.1, 0.15) is 39.6 Å². The van der Waals surface area contributed by atoms with Gasteiger partial charge in [-0.2, -0.15) is 5.10 Å². The van der Waals surface area contributed by atoms with Crippen molar-refractivity contribution in [2.45, 2.75) is 52.0 Å². The average molecular weight is 344 g/mol. The first-order valence-corrected chi connectivity index (χ1v) is 8.89. The molecule has 1 saturated heterocycles. The molecule has 0 amide bonds. The molecule has 1 aliphatic rings. The number of para-hydroxylation sites is 1. The van der Waals surface area contributed by atoms with E-state index in [2.05, 4.69) is 42.7 Å². The Balaban J connectivity index is 1.63. The number of ether oxygens (including phenoxy) is 2. The fraction of sp³-hybridized carbons (Fsp3) is 0.579. The predicted molar refractivity (Wildman–Crippen MR) is 96.6 cm³/mol. The quantitative estimate of drug-likeness (QED) is 0.806. The molecule has 3 rings (SSSR count). The maximum atomic E-state index is 6.21. The van der Waals surface area contributed by atoms with E-state index in [4.69, 9.17) is 9.47 Å². The van der Waals surface area contributed by atoms with Crippen LogP contribution in [0.15, 0.2) is 36.7 Å². The van der Waals surface area contributed by atoms with Gasteiger partial charge < -0.3 is 9.47 Å². The zero-order valence-corrected chi connectivity index (χ0v) is 15.6. The second-order valence-electron chi connectivity index (χ2n) is 7.51. The van der Waals surface area contributed by atoms with Gasteiger partial charge in [0.1, 0.15) is 30.6 Å². The van der Waals surface area contributed by atoms with E-state index < -0.39 is 0 Å². The van der Waals surface area contributed by atoms with E-state index in [0.29, 0.717) is 12.6 Å². The van der Waals surface area contributed by atoms with E-state index in [1.54, 1.807) is 6.33 Å². The van der Waals surface area contributed by atoms with Crippen molar-refractivity contribution in [3.63, 3.8) is 0 Å². The van der Waals surface area contributed by atoms with Gasteiger partial charge in [0.05, 0.1) is 12.1 Å². The lowest BCUT2D eigenvalue weighted by molar-refractivity contribution is -0.148. The first-order chi connectivity index (χ1) is 11.9. The molecule has 1 aromatic carbocycles. The number of nitrogens with zero attached hydrogens (tertiary/aromatic N) is 4. The van der Waals surface area contributed by atoms with Gasteiger partial charge in [-0.25, -0.2) is 9.67 Å². The molecule has 25 heavy (non-hydrogen) atoms. The Bertz CT molecular complexity index is 669. The number of benzene rings is 1. The minimum atomic E-state index is -0.217. The monoisotopic (exact) mass is 344 g/mol. The number of morpholine rings is 1. The summed E-state index contributed by atoms with van der Waals surface area (Å²) in [5.41, 5.74) is -0.217. The molecule has 0 radical (unpaired) electrons. The van der Waals surface area contributed by atoms with Gasteiger partial charge in [-0.1, -0.05) is 18.2 Å². The molecule has 0 bridgehead atoms. The van der Waals surface area contributed by atoms with Gasteiger partial charge in [-0.05, 0) is 39.8 Å². The number of hydrogen-bond acceptors (Lipinski definition) is 5. The zero-order chi connectivity index (χ0) is 17.9. The summed E-state index contributed by atoms with van der Waals surface area (Å²) in [5, 5.41) is 4.34. The predicted octanol–water partition coefficient (Wildman–Crippen LogP) is 2.92. The fourth-order valence-corrected chi connectivity index (χ4v) is 3.35. The maximum Gasteiger partial charge on any atom is 0.141 e. The highest BCUT2D eigenvalue weighted by Gasteiger charge is 2.34. The van der Waals surface area contributed by atoms with Crippen LogP contribution in [0.2, 0.25) is 0 Å². The van der Waals surface area contributed by atoms with Crippen LogP contribution in [0.3, 0.4) is 0 Å². The second kappa shape index (κ2) is 7.54. The molecular formula is C19H28N4O2. The molecule has 6 heteroatoms. The molecule has 2 aromatic rings. The molecule has 6 nitrogen and oxygen atoms in total.